The fourth-order valence-corrected chi connectivity index (χ4v) is 3.71. The first-order chi connectivity index (χ1) is 14.0. The fourth-order valence-electron chi connectivity index (χ4n) is 2.86. The molecule has 9 nitrogen and oxygen atoms in total. The highest BCUT2D eigenvalue weighted by molar-refractivity contribution is 7.15. The van der Waals surface area contributed by atoms with E-state index < -0.39 is 0 Å². The van der Waals surface area contributed by atoms with Crippen molar-refractivity contribution >= 4 is 33.3 Å². The van der Waals surface area contributed by atoms with E-state index in [1.807, 2.05) is 0 Å². The topological polar surface area (TPSA) is 108 Å². The highest BCUT2D eigenvalue weighted by Gasteiger charge is 2.12. The highest BCUT2D eigenvalue weighted by atomic mass is 32.1. The molecular weight excluding hydrogens is 394 g/mol. The van der Waals surface area contributed by atoms with Gasteiger partial charge in [0.25, 0.3) is 5.56 Å². The molecule has 1 aromatic carbocycles. The number of amides is 1. The van der Waals surface area contributed by atoms with Crippen LogP contribution < -0.4 is 20.3 Å². The number of nitrogens with zero attached hydrogens (tertiary/aromatic N) is 4. The van der Waals surface area contributed by atoms with Crippen LogP contribution in [0.1, 0.15) is 31.2 Å². The zero-order valence-electron chi connectivity index (χ0n) is 16.6. The Morgan fingerprint density at radius 3 is 2.69 bits per heavy atom. The predicted octanol–water partition coefficient (Wildman–Crippen LogP) is 2.64. The number of anilines is 1. The Morgan fingerprint density at radius 1 is 1.21 bits per heavy atom. The molecule has 0 saturated carbocycles. The molecule has 1 amide bonds. The predicted molar refractivity (Wildman–Crippen MR) is 111 cm³/mol. The van der Waals surface area contributed by atoms with E-state index >= 15 is 0 Å². The molecule has 2 heterocycles. The Balaban J connectivity index is 1.63. The number of hydrogen-bond donors (Lipinski definition) is 1. The Labute approximate surface area is 171 Å². The van der Waals surface area contributed by atoms with E-state index in [0.29, 0.717) is 40.5 Å². The van der Waals surface area contributed by atoms with Crippen molar-refractivity contribution in [1.82, 2.24) is 19.7 Å². The van der Waals surface area contributed by atoms with Crippen molar-refractivity contribution in [2.75, 3.05) is 19.5 Å². The number of carbonyl (C=O) groups is 1. The van der Waals surface area contributed by atoms with Crippen LogP contribution in [0.15, 0.2) is 23.3 Å². The van der Waals surface area contributed by atoms with Gasteiger partial charge in [0.05, 0.1) is 31.4 Å². The third-order valence-corrected chi connectivity index (χ3v) is 5.21. The molecule has 0 fully saturated rings. The summed E-state index contributed by atoms with van der Waals surface area (Å²) in [5.41, 5.74) is 0.338. The van der Waals surface area contributed by atoms with Crippen molar-refractivity contribution in [1.29, 1.82) is 0 Å². The van der Waals surface area contributed by atoms with Gasteiger partial charge in [-0.05, 0) is 18.9 Å². The fraction of sp³-hybridized carbons (Fsp3) is 0.421. The quantitative estimate of drug-likeness (QED) is 0.570. The molecule has 0 spiro atoms. The second kappa shape index (κ2) is 9.46. The second-order valence-electron chi connectivity index (χ2n) is 6.37. The summed E-state index contributed by atoms with van der Waals surface area (Å²) in [4.78, 5) is 29.2. The second-order valence-corrected chi connectivity index (χ2v) is 7.43. The monoisotopic (exact) mass is 417 g/mol. The average molecular weight is 417 g/mol. The molecule has 1 N–H and O–H groups in total. The summed E-state index contributed by atoms with van der Waals surface area (Å²) in [6.45, 7) is 2.44. The van der Waals surface area contributed by atoms with Crippen LogP contribution in [-0.4, -0.2) is 39.9 Å². The number of ether oxygens (including phenoxy) is 2. The van der Waals surface area contributed by atoms with Crippen molar-refractivity contribution in [3.63, 3.8) is 0 Å². The number of aromatic nitrogens is 4. The Kier molecular flexibility index (Phi) is 6.76. The van der Waals surface area contributed by atoms with Crippen LogP contribution in [0, 0.1) is 0 Å². The van der Waals surface area contributed by atoms with Crippen molar-refractivity contribution in [3.8, 4) is 11.5 Å². The van der Waals surface area contributed by atoms with Gasteiger partial charge in [0.15, 0.2) is 11.5 Å². The molecule has 29 heavy (non-hydrogen) atoms. The number of hydrogen-bond acceptors (Lipinski definition) is 8. The van der Waals surface area contributed by atoms with E-state index in [4.69, 9.17) is 9.47 Å². The van der Waals surface area contributed by atoms with Gasteiger partial charge in [0.1, 0.15) is 5.01 Å². The standard InChI is InChI=1S/C19H23N5O4S/c1-4-6-17-22-23-19(29-17)21-16(25)7-5-8-24-11-20-13-10-15(28-3)14(27-2)9-12(13)18(24)26/h9-11H,4-8H2,1-3H3,(H,21,23,25). The number of fused-ring (bicyclic) bond motifs is 1. The number of benzene rings is 1. The van der Waals surface area contributed by atoms with Crippen molar-refractivity contribution in [3.05, 3.63) is 33.8 Å². The van der Waals surface area contributed by atoms with Crippen LogP contribution in [0.4, 0.5) is 5.13 Å². The van der Waals surface area contributed by atoms with Gasteiger partial charge < -0.3 is 14.8 Å². The summed E-state index contributed by atoms with van der Waals surface area (Å²) in [6, 6.07) is 3.29. The molecule has 0 saturated heterocycles. The van der Waals surface area contributed by atoms with Gasteiger partial charge >= 0.3 is 0 Å². The molecule has 0 bridgehead atoms. The molecule has 0 aliphatic carbocycles. The minimum Gasteiger partial charge on any atom is -0.493 e. The van der Waals surface area contributed by atoms with Crippen LogP contribution in [0.5, 0.6) is 11.5 Å². The Hall–Kier alpha value is -3.01. The molecule has 154 valence electrons. The van der Waals surface area contributed by atoms with Crippen LogP contribution in [0.3, 0.4) is 0 Å². The van der Waals surface area contributed by atoms with E-state index in [9.17, 15) is 9.59 Å². The van der Waals surface area contributed by atoms with Gasteiger partial charge in [0, 0.05) is 25.5 Å². The molecule has 3 rings (SSSR count). The van der Waals surface area contributed by atoms with E-state index in [2.05, 4.69) is 27.4 Å². The van der Waals surface area contributed by atoms with Crippen LogP contribution in [-0.2, 0) is 17.8 Å². The first-order valence-corrected chi connectivity index (χ1v) is 10.1. The van der Waals surface area contributed by atoms with Gasteiger partial charge in [-0.2, -0.15) is 0 Å². The van der Waals surface area contributed by atoms with Crippen molar-refractivity contribution in [2.45, 2.75) is 39.2 Å². The molecule has 0 radical (unpaired) electrons. The third-order valence-electron chi connectivity index (χ3n) is 4.31. The first-order valence-electron chi connectivity index (χ1n) is 9.29. The van der Waals surface area contributed by atoms with Gasteiger partial charge in [-0.15, -0.1) is 10.2 Å². The molecule has 3 aromatic rings. The normalized spacial score (nSPS) is 10.9. The largest absolute Gasteiger partial charge is 0.493 e. The number of carbonyl (C=O) groups excluding carboxylic acids is 1. The molecule has 0 unspecified atom stereocenters. The smallest absolute Gasteiger partial charge is 0.261 e. The molecule has 0 atom stereocenters. The van der Waals surface area contributed by atoms with Crippen molar-refractivity contribution in [2.24, 2.45) is 0 Å². The van der Waals surface area contributed by atoms with E-state index in [0.717, 1.165) is 17.8 Å². The maximum Gasteiger partial charge on any atom is 0.261 e. The highest BCUT2D eigenvalue weighted by Crippen LogP contribution is 2.29. The lowest BCUT2D eigenvalue weighted by Crippen LogP contribution is -2.22. The van der Waals surface area contributed by atoms with Crippen molar-refractivity contribution < 1.29 is 14.3 Å². The van der Waals surface area contributed by atoms with Gasteiger partial charge in [-0.3, -0.25) is 14.2 Å². The SMILES string of the molecule is CCCc1nnc(NC(=O)CCCn2cnc3cc(OC)c(OC)cc3c2=O)s1. The van der Waals surface area contributed by atoms with E-state index in [1.165, 1.54) is 36.5 Å². The number of nitrogens with one attached hydrogen (secondary N) is 1. The lowest BCUT2D eigenvalue weighted by molar-refractivity contribution is -0.116. The number of methoxy groups -OCH3 is 2. The number of aryl methyl sites for hydroxylation is 2. The summed E-state index contributed by atoms with van der Waals surface area (Å²) in [6.07, 6.45) is 4.07. The molecular formula is C19H23N5O4S. The molecule has 0 aliphatic heterocycles. The summed E-state index contributed by atoms with van der Waals surface area (Å²) >= 11 is 1.38. The minimum atomic E-state index is -0.190. The minimum absolute atomic E-state index is 0.155. The maximum absolute atomic E-state index is 12.7. The van der Waals surface area contributed by atoms with Crippen LogP contribution in [0.2, 0.25) is 0 Å². The summed E-state index contributed by atoms with van der Waals surface area (Å²) in [5, 5.41) is 12.6. The summed E-state index contributed by atoms with van der Waals surface area (Å²) < 4.78 is 12.0. The third kappa shape index (κ3) is 4.89. The summed E-state index contributed by atoms with van der Waals surface area (Å²) in [5.74, 6) is 0.827. The van der Waals surface area contributed by atoms with Gasteiger partial charge in [-0.25, -0.2) is 4.98 Å². The Bertz CT molecular complexity index is 1060. The van der Waals surface area contributed by atoms with Crippen LogP contribution >= 0.6 is 11.3 Å². The van der Waals surface area contributed by atoms with E-state index in [-0.39, 0.29) is 17.9 Å². The van der Waals surface area contributed by atoms with Crippen LogP contribution in [0.25, 0.3) is 10.9 Å². The lowest BCUT2D eigenvalue weighted by Gasteiger charge is -2.10. The molecule has 0 aliphatic rings. The van der Waals surface area contributed by atoms with Gasteiger partial charge in [0.2, 0.25) is 11.0 Å². The summed E-state index contributed by atoms with van der Waals surface area (Å²) in [7, 11) is 3.04. The van der Waals surface area contributed by atoms with E-state index in [1.54, 1.807) is 12.1 Å². The zero-order valence-corrected chi connectivity index (χ0v) is 17.4. The Morgan fingerprint density at radius 2 is 1.97 bits per heavy atom. The zero-order chi connectivity index (χ0) is 20.8. The average Bonchev–Trinajstić information content (AvgIpc) is 3.16. The molecule has 10 heteroatoms. The molecule has 2 aromatic heterocycles. The lowest BCUT2D eigenvalue weighted by atomic mass is 10.2. The maximum atomic E-state index is 12.7. The first kappa shape index (κ1) is 20.7. The van der Waals surface area contributed by atoms with Gasteiger partial charge in [-0.1, -0.05) is 18.3 Å². The number of rotatable bonds is 9.